The van der Waals surface area contributed by atoms with Crippen LogP contribution in [0.15, 0.2) is 29.6 Å². The molecule has 2 heterocycles. The van der Waals surface area contributed by atoms with E-state index >= 15 is 0 Å². The summed E-state index contributed by atoms with van der Waals surface area (Å²) >= 11 is 1.35. The van der Waals surface area contributed by atoms with E-state index in [4.69, 9.17) is 5.73 Å². The monoisotopic (exact) mass is 222 g/mol. The van der Waals surface area contributed by atoms with Crippen LogP contribution in [-0.4, -0.2) is 21.1 Å². The third-order valence-electron chi connectivity index (χ3n) is 1.95. The van der Waals surface area contributed by atoms with Crippen molar-refractivity contribution < 1.29 is 4.79 Å². The van der Waals surface area contributed by atoms with Gasteiger partial charge in [0, 0.05) is 24.9 Å². The van der Waals surface area contributed by atoms with Crippen molar-refractivity contribution in [2.24, 2.45) is 10.8 Å². The molecule has 0 fully saturated rings. The standard InChI is InChI=1S/C9H10N4OS/c1-6(14)13-8(15-9(10)12-13)7-3-2-4-11-5-7/h2-5,8H,1H3,(H2,10,12)/t8-/m0/s1. The Morgan fingerprint density at radius 1 is 1.67 bits per heavy atom. The smallest absolute Gasteiger partial charge is 0.241 e. The second-order valence-electron chi connectivity index (χ2n) is 3.06. The van der Waals surface area contributed by atoms with Crippen LogP contribution in [0.4, 0.5) is 0 Å². The highest BCUT2D eigenvalue weighted by Crippen LogP contribution is 2.37. The lowest BCUT2D eigenvalue weighted by molar-refractivity contribution is -0.129. The zero-order valence-corrected chi connectivity index (χ0v) is 8.94. The Morgan fingerprint density at radius 3 is 3.07 bits per heavy atom. The van der Waals surface area contributed by atoms with E-state index in [9.17, 15) is 4.79 Å². The highest BCUT2D eigenvalue weighted by molar-refractivity contribution is 8.14. The molecule has 2 N–H and O–H groups in total. The van der Waals surface area contributed by atoms with Gasteiger partial charge in [-0.05, 0) is 6.07 Å². The van der Waals surface area contributed by atoms with E-state index in [-0.39, 0.29) is 11.3 Å². The van der Waals surface area contributed by atoms with Gasteiger partial charge in [-0.2, -0.15) is 0 Å². The first-order valence-corrected chi connectivity index (χ1v) is 5.27. The van der Waals surface area contributed by atoms with E-state index in [1.165, 1.54) is 23.7 Å². The van der Waals surface area contributed by atoms with Gasteiger partial charge >= 0.3 is 0 Å². The number of nitrogens with zero attached hydrogens (tertiary/aromatic N) is 3. The summed E-state index contributed by atoms with van der Waals surface area (Å²) in [6, 6.07) is 3.72. The summed E-state index contributed by atoms with van der Waals surface area (Å²) in [5, 5.41) is 5.55. The largest absolute Gasteiger partial charge is 0.377 e. The number of hydrazone groups is 1. The molecule has 5 nitrogen and oxygen atoms in total. The van der Waals surface area contributed by atoms with Crippen molar-refractivity contribution in [2.75, 3.05) is 0 Å². The number of hydrogen-bond acceptors (Lipinski definition) is 5. The number of carbonyl (C=O) groups excluding carboxylic acids is 1. The Kier molecular flexibility index (Phi) is 2.59. The number of pyridine rings is 1. The number of amidine groups is 1. The molecule has 1 aromatic rings. The second kappa shape index (κ2) is 3.90. The Hall–Kier alpha value is -1.56. The fourth-order valence-corrected chi connectivity index (χ4v) is 2.25. The normalized spacial score (nSPS) is 20.2. The lowest BCUT2D eigenvalue weighted by Gasteiger charge is -2.18. The van der Waals surface area contributed by atoms with Crippen molar-refractivity contribution in [3.8, 4) is 0 Å². The second-order valence-corrected chi connectivity index (χ2v) is 4.16. The minimum atomic E-state index is -0.184. The van der Waals surface area contributed by atoms with Crippen molar-refractivity contribution in [3.63, 3.8) is 0 Å². The predicted molar refractivity (Wildman–Crippen MR) is 58.7 cm³/mol. The van der Waals surface area contributed by atoms with Gasteiger partial charge in [-0.3, -0.25) is 9.78 Å². The van der Waals surface area contributed by atoms with Gasteiger partial charge < -0.3 is 5.73 Å². The number of hydrogen-bond donors (Lipinski definition) is 1. The van der Waals surface area contributed by atoms with Gasteiger partial charge in [0.2, 0.25) is 5.91 Å². The van der Waals surface area contributed by atoms with Gasteiger partial charge in [-0.25, -0.2) is 5.01 Å². The molecule has 0 radical (unpaired) electrons. The first-order chi connectivity index (χ1) is 7.18. The first-order valence-electron chi connectivity index (χ1n) is 4.39. The van der Waals surface area contributed by atoms with E-state index in [1.54, 1.807) is 12.4 Å². The predicted octanol–water partition coefficient (Wildman–Crippen LogP) is 0.905. The van der Waals surface area contributed by atoms with E-state index in [0.29, 0.717) is 5.17 Å². The van der Waals surface area contributed by atoms with Gasteiger partial charge in [-0.1, -0.05) is 17.8 Å². The molecular formula is C9H10N4OS. The highest BCUT2D eigenvalue weighted by Gasteiger charge is 2.30. The zero-order chi connectivity index (χ0) is 10.8. The molecule has 1 aliphatic rings. The van der Waals surface area contributed by atoms with Gasteiger partial charge in [0.15, 0.2) is 5.17 Å². The number of rotatable bonds is 1. The average molecular weight is 222 g/mol. The minimum Gasteiger partial charge on any atom is -0.377 e. The number of carbonyl (C=O) groups is 1. The molecule has 15 heavy (non-hydrogen) atoms. The SMILES string of the molecule is CC(=O)N1N=C(N)S[C@H]1c1cccnc1. The van der Waals surface area contributed by atoms with Crippen LogP contribution < -0.4 is 5.73 Å². The van der Waals surface area contributed by atoms with Crippen molar-refractivity contribution in [2.45, 2.75) is 12.3 Å². The third kappa shape index (κ3) is 1.94. The molecule has 1 aliphatic heterocycles. The summed E-state index contributed by atoms with van der Waals surface area (Å²) in [6.45, 7) is 1.46. The molecule has 0 aliphatic carbocycles. The first kappa shape index (κ1) is 9.97. The summed E-state index contributed by atoms with van der Waals surface area (Å²) in [4.78, 5) is 15.3. The number of nitrogens with two attached hydrogens (primary N) is 1. The van der Waals surface area contributed by atoms with Crippen LogP contribution in [0.5, 0.6) is 0 Å². The van der Waals surface area contributed by atoms with Crippen LogP contribution in [-0.2, 0) is 4.79 Å². The Morgan fingerprint density at radius 2 is 2.47 bits per heavy atom. The number of thioether (sulfide) groups is 1. The van der Waals surface area contributed by atoms with Crippen LogP contribution in [0.2, 0.25) is 0 Å². The molecular weight excluding hydrogens is 212 g/mol. The third-order valence-corrected chi connectivity index (χ3v) is 2.97. The van der Waals surface area contributed by atoms with Gasteiger partial charge in [0.25, 0.3) is 0 Å². The van der Waals surface area contributed by atoms with E-state index in [0.717, 1.165) is 5.56 Å². The molecule has 1 aromatic heterocycles. The maximum Gasteiger partial charge on any atom is 0.241 e. The van der Waals surface area contributed by atoms with Crippen molar-refractivity contribution >= 4 is 22.8 Å². The quantitative estimate of drug-likeness (QED) is 0.766. The van der Waals surface area contributed by atoms with Crippen LogP contribution in [0.3, 0.4) is 0 Å². The zero-order valence-electron chi connectivity index (χ0n) is 8.12. The number of aromatic nitrogens is 1. The topological polar surface area (TPSA) is 71.6 Å². The summed E-state index contributed by atoms with van der Waals surface area (Å²) in [5.74, 6) is -0.128. The molecule has 1 amide bonds. The molecule has 0 unspecified atom stereocenters. The average Bonchev–Trinajstić information content (AvgIpc) is 2.62. The molecule has 6 heteroatoms. The molecule has 0 saturated carbocycles. The van der Waals surface area contributed by atoms with Crippen molar-refractivity contribution in [3.05, 3.63) is 30.1 Å². The summed E-state index contributed by atoms with van der Waals surface area (Å²) < 4.78 is 0. The Bertz CT molecular complexity index is 406. The molecule has 78 valence electrons. The van der Waals surface area contributed by atoms with E-state index < -0.39 is 0 Å². The van der Waals surface area contributed by atoms with Crippen LogP contribution >= 0.6 is 11.8 Å². The molecule has 0 saturated heterocycles. The van der Waals surface area contributed by atoms with Crippen LogP contribution in [0.1, 0.15) is 17.9 Å². The van der Waals surface area contributed by atoms with Crippen LogP contribution in [0.25, 0.3) is 0 Å². The van der Waals surface area contributed by atoms with Crippen molar-refractivity contribution in [1.82, 2.24) is 9.99 Å². The highest BCUT2D eigenvalue weighted by atomic mass is 32.2. The van der Waals surface area contributed by atoms with Crippen LogP contribution in [0, 0.1) is 0 Å². The summed E-state index contributed by atoms with van der Waals surface area (Å²) in [6.07, 6.45) is 3.40. The maximum absolute atomic E-state index is 11.3. The summed E-state index contributed by atoms with van der Waals surface area (Å²) in [5.41, 5.74) is 6.51. The van der Waals surface area contributed by atoms with E-state index in [1.807, 2.05) is 12.1 Å². The maximum atomic E-state index is 11.3. The van der Waals surface area contributed by atoms with Gasteiger partial charge in [-0.15, -0.1) is 5.10 Å². The summed E-state index contributed by atoms with van der Waals surface area (Å²) in [7, 11) is 0. The molecule has 1 atom stereocenters. The van der Waals surface area contributed by atoms with E-state index in [2.05, 4.69) is 10.1 Å². The molecule has 2 rings (SSSR count). The van der Waals surface area contributed by atoms with Gasteiger partial charge in [0.1, 0.15) is 5.37 Å². The van der Waals surface area contributed by atoms with Crippen molar-refractivity contribution in [1.29, 1.82) is 0 Å². The molecule has 0 bridgehead atoms. The lowest BCUT2D eigenvalue weighted by atomic mass is 10.3. The molecule has 0 aromatic carbocycles. The Balaban J connectivity index is 2.28. The lowest BCUT2D eigenvalue weighted by Crippen LogP contribution is -2.23. The minimum absolute atomic E-state index is 0.128. The molecule has 0 spiro atoms. The number of amides is 1. The van der Waals surface area contributed by atoms with Gasteiger partial charge in [0.05, 0.1) is 0 Å². The fourth-order valence-electron chi connectivity index (χ4n) is 1.31. The Labute approximate surface area is 91.4 Å². The fraction of sp³-hybridized carbons (Fsp3) is 0.222.